The van der Waals surface area contributed by atoms with Crippen LogP contribution in [0.2, 0.25) is 0 Å². The van der Waals surface area contributed by atoms with Crippen LogP contribution in [0, 0.1) is 0 Å². The van der Waals surface area contributed by atoms with Crippen molar-refractivity contribution in [2.24, 2.45) is 0 Å². The second-order valence-corrected chi connectivity index (χ2v) is 5.23. The molecule has 0 N–H and O–H groups in total. The molecule has 1 unspecified atom stereocenters. The van der Waals surface area contributed by atoms with Gasteiger partial charge in [0.25, 0.3) is 0 Å². The summed E-state index contributed by atoms with van der Waals surface area (Å²) in [6, 6.07) is 0. The van der Waals surface area contributed by atoms with Gasteiger partial charge in [-0.15, -0.1) is 0 Å². The Labute approximate surface area is 91.7 Å². The van der Waals surface area contributed by atoms with Gasteiger partial charge in [-0.2, -0.15) is 0 Å². The quantitative estimate of drug-likeness (QED) is 0.656. The van der Waals surface area contributed by atoms with Gasteiger partial charge in [-0.25, -0.2) is 0 Å². The third-order valence-electron chi connectivity index (χ3n) is 1.95. The van der Waals surface area contributed by atoms with Crippen molar-refractivity contribution in [1.82, 2.24) is 0 Å². The SMILES string of the molecule is CC(=O)SC(C)C(C)=CCC=C(C)C. The average Bonchev–Trinajstić information content (AvgIpc) is 2.01. The summed E-state index contributed by atoms with van der Waals surface area (Å²) >= 11 is 1.39. The van der Waals surface area contributed by atoms with Gasteiger partial charge in [-0.3, -0.25) is 4.79 Å². The molecule has 0 saturated carbocycles. The lowest BCUT2D eigenvalue weighted by Crippen LogP contribution is -2.01. The summed E-state index contributed by atoms with van der Waals surface area (Å²) in [4.78, 5) is 10.9. The summed E-state index contributed by atoms with van der Waals surface area (Å²) in [6.07, 6.45) is 5.35. The minimum atomic E-state index is 0.187. The van der Waals surface area contributed by atoms with Crippen molar-refractivity contribution in [3.05, 3.63) is 23.3 Å². The lowest BCUT2D eigenvalue weighted by Gasteiger charge is -2.08. The highest BCUT2D eigenvalue weighted by atomic mass is 32.2. The monoisotopic (exact) mass is 212 g/mol. The summed E-state index contributed by atoms with van der Waals surface area (Å²) in [5.41, 5.74) is 2.61. The summed E-state index contributed by atoms with van der Waals surface area (Å²) < 4.78 is 0. The molecule has 0 aromatic rings. The molecule has 1 nitrogen and oxygen atoms in total. The average molecular weight is 212 g/mol. The first-order valence-electron chi connectivity index (χ1n) is 4.90. The molecule has 0 aliphatic heterocycles. The zero-order valence-corrected chi connectivity index (χ0v) is 10.6. The molecule has 14 heavy (non-hydrogen) atoms. The Morgan fingerprint density at radius 1 is 1.21 bits per heavy atom. The molecule has 0 spiro atoms. The Morgan fingerprint density at radius 3 is 2.21 bits per heavy atom. The van der Waals surface area contributed by atoms with Crippen LogP contribution in [0.4, 0.5) is 0 Å². The highest BCUT2D eigenvalue weighted by molar-refractivity contribution is 8.14. The van der Waals surface area contributed by atoms with E-state index in [9.17, 15) is 4.79 Å². The normalized spacial score (nSPS) is 13.6. The molecule has 0 heterocycles. The smallest absolute Gasteiger partial charge is 0.186 e. The zero-order chi connectivity index (χ0) is 11.1. The fourth-order valence-electron chi connectivity index (χ4n) is 0.988. The van der Waals surface area contributed by atoms with E-state index in [2.05, 4.69) is 39.8 Å². The molecular weight excluding hydrogens is 192 g/mol. The third-order valence-corrected chi connectivity index (χ3v) is 3.01. The van der Waals surface area contributed by atoms with Crippen LogP contribution in [0.15, 0.2) is 23.3 Å². The molecule has 0 aliphatic rings. The molecule has 0 bridgehead atoms. The van der Waals surface area contributed by atoms with Gasteiger partial charge in [-0.1, -0.05) is 35.1 Å². The number of carbonyl (C=O) groups excluding carboxylic acids is 1. The van der Waals surface area contributed by atoms with E-state index in [0.29, 0.717) is 5.25 Å². The van der Waals surface area contributed by atoms with Crippen LogP contribution in [-0.4, -0.2) is 10.4 Å². The van der Waals surface area contributed by atoms with Gasteiger partial charge in [0.15, 0.2) is 5.12 Å². The topological polar surface area (TPSA) is 17.1 Å². The maximum absolute atomic E-state index is 10.9. The highest BCUT2D eigenvalue weighted by Crippen LogP contribution is 2.19. The van der Waals surface area contributed by atoms with Crippen molar-refractivity contribution in [2.45, 2.75) is 46.3 Å². The number of carbonyl (C=O) groups is 1. The van der Waals surface area contributed by atoms with Gasteiger partial charge >= 0.3 is 0 Å². The Hall–Kier alpha value is -0.500. The van der Waals surface area contributed by atoms with Crippen molar-refractivity contribution >= 4 is 16.9 Å². The number of hydrogen-bond acceptors (Lipinski definition) is 2. The van der Waals surface area contributed by atoms with Crippen LogP contribution < -0.4 is 0 Å². The lowest BCUT2D eigenvalue weighted by atomic mass is 10.1. The maximum Gasteiger partial charge on any atom is 0.186 e. The lowest BCUT2D eigenvalue weighted by molar-refractivity contribution is -0.109. The van der Waals surface area contributed by atoms with Crippen molar-refractivity contribution in [3.8, 4) is 0 Å². The molecule has 0 aliphatic carbocycles. The number of rotatable bonds is 4. The molecule has 0 fully saturated rings. The van der Waals surface area contributed by atoms with Gasteiger partial charge in [0.05, 0.1) is 0 Å². The second kappa shape index (κ2) is 6.88. The van der Waals surface area contributed by atoms with E-state index in [1.807, 2.05) is 0 Å². The standard InChI is InChI=1S/C12H20OS/c1-9(2)7-6-8-10(3)11(4)14-12(5)13/h7-8,11H,6H2,1-5H3. The van der Waals surface area contributed by atoms with E-state index in [1.165, 1.54) is 22.9 Å². The summed E-state index contributed by atoms with van der Waals surface area (Å²) in [6.45, 7) is 9.96. The first-order chi connectivity index (χ1) is 6.43. The zero-order valence-electron chi connectivity index (χ0n) is 9.76. The van der Waals surface area contributed by atoms with Crippen molar-refractivity contribution < 1.29 is 4.79 Å². The fraction of sp³-hybridized carbons (Fsp3) is 0.583. The van der Waals surface area contributed by atoms with Crippen molar-refractivity contribution in [2.75, 3.05) is 0 Å². The molecule has 80 valence electrons. The van der Waals surface area contributed by atoms with Crippen molar-refractivity contribution in [3.63, 3.8) is 0 Å². The van der Waals surface area contributed by atoms with Gasteiger partial charge in [0.1, 0.15) is 0 Å². The van der Waals surface area contributed by atoms with Crippen LogP contribution >= 0.6 is 11.8 Å². The third kappa shape index (κ3) is 6.96. The molecule has 0 saturated heterocycles. The molecule has 1 atom stereocenters. The minimum Gasteiger partial charge on any atom is -0.288 e. The highest BCUT2D eigenvalue weighted by Gasteiger charge is 2.06. The van der Waals surface area contributed by atoms with E-state index in [0.717, 1.165) is 6.42 Å². The van der Waals surface area contributed by atoms with Crippen LogP contribution in [0.1, 0.15) is 41.0 Å². The van der Waals surface area contributed by atoms with Crippen LogP contribution in [0.25, 0.3) is 0 Å². The van der Waals surface area contributed by atoms with Crippen LogP contribution in [-0.2, 0) is 4.79 Å². The van der Waals surface area contributed by atoms with E-state index < -0.39 is 0 Å². The van der Waals surface area contributed by atoms with E-state index in [1.54, 1.807) is 6.92 Å². The number of thioether (sulfide) groups is 1. The molecule has 0 amide bonds. The van der Waals surface area contributed by atoms with E-state index >= 15 is 0 Å². The Kier molecular flexibility index (Phi) is 6.64. The number of hydrogen-bond donors (Lipinski definition) is 0. The maximum atomic E-state index is 10.9. The summed E-state index contributed by atoms with van der Waals surface area (Å²) in [7, 11) is 0. The minimum absolute atomic E-state index is 0.187. The van der Waals surface area contributed by atoms with Gasteiger partial charge in [-0.05, 0) is 34.1 Å². The van der Waals surface area contributed by atoms with Crippen molar-refractivity contribution in [1.29, 1.82) is 0 Å². The molecule has 2 heteroatoms. The molecule has 0 aromatic heterocycles. The molecular formula is C12H20OS. The van der Waals surface area contributed by atoms with Crippen LogP contribution in [0.3, 0.4) is 0 Å². The van der Waals surface area contributed by atoms with E-state index in [-0.39, 0.29) is 5.12 Å². The predicted molar refractivity (Wildman–Crippen MR) is 65.5 cm³/mol. The summed E-state index contributed by atoms with van der Waals surface area (Å²) in [5.74, 6) is 0. The van der Waals surface area contributed by atoms with Crippen LogP contribution in [0.5, 0.6) is 0 Å². The Bertz CT molecular complexity index is 247. The number of allylic oxidation sites excluding steroid dienone is 3. The Balaban J connectivity index is 4.10. The first kappa shape index (κ1) is 13.5. The predicted octanol–water partition coefficient (Wildman–Crippen LogP) is 3.96. The van der Waals surface area contributed by atoms with Gasteiger partial charge < -0.3 is 0 Å². The molecule has 0 rings (SSSR count). The van der Waals surface area contributed by atoms with E-state index in [4.69, 9.17) is 0 Å². The summed E-state index contributed by atoms with van der Waals surface area (Å²) in [5, 5.41) is 0.491. The largest absolute Gasteiger partial charge is 0.288 e. The molecule has 0 radical (unpaired) electrons. The first-order valence-corrected chi connectivity index (χ1v) is 5.78. The fourth-order valence-corrected chi connectivity index (χ4v) is 1.77. The Morgan fingerprint density at radius 2 is 1.79 bits per heavy atom. The second-order valence-electron chi connectivity index (χ2n) is 3.72. The van der Waals surface area contributed by atoms with Gasteiger partial charge in [0, 0.05) is 12.2 Å². The molecule has 0 aromatic carbocycles. The van der Waals surface area contributed by atoms with Gasteiger partial charge in [0.2, 0.25) is 0 Å².